The van der Waals surface area contributed by atoms with Gasteiger partial charge in [-0.15, -0.1) is 44.9 Å². The molecule has 390 valence electrons. The smallest absolute Gasteiger partial charge is 0.303 e. The fourth-order valence-electron chi connectivity index (χ4n) is 6.88. The zero-order valence-electron chi connectivity index (χ0n) is 37.3. The van der Waals surface area contributed by atoms with E-state index in [1.807, 2.05) is 0 Å². The molecule has 0 aromatic heterocycles. The predicted octanol–water partition coefficient (Wildman–Crippen LogP) is 2.36. The third kappa shape index (κ3) is 26.2. The van der Waals surface area contributed by atoms with Gasteiger partial charge in [0, 0.05) is 72.7 Å². The molecule has 4 bridgehead atoms. The van der Waals surface area contributed by atoms with Gasteiger partial charge in [0.05, 0.1) is 0 Å². The van der Waals surface area contributed by atoms with Crippen LogP contribution in [0.3, 0.4) is 0 Å². The quantitative estimate of drug-likeness (QED) is 0.117. The van der Waals surface area contributed by atoms with Crippen LogP contribution in [0.4, 0.5) is 0 Å². The molecule has 2 radical (unpaired) electrons. The maximum atomic E-state index is 12.6. The Bertz CT molecular complexity index is 1370. The van der Waals surface area contributed by atoms with Gasteiger partial charge in [0.2, 0.25) is 17.7 Å². The van der Waals surface area contributed by atoms with Gasteiger partial charge in [0.25, 0.3) is 0 Å². The summed E-state index contributed by atoms with van der Waals surface area (Å²) in [6.45, 7) is 7.02. The number of carboxylic acid groups (broad SMARTS) is 3. The number of aliphatic carboxylic acids is 3. The molecule has 27 heteroatoms. The zero-order chi connectivity index (χ0) is 46.6. The molecule has 4 fully saturated rings. The molecule has 25 nitrogen and oxygen atoms in total. The number of carboxylic acids is 3. The van der Waals surface area contributed by atoms with E-state index in [0.717, 1.165) is 0 Å². The summed E-state index contributed by atoms with van der Waals surface area (Å²) < 4.78 is 0. The molecule has 66 heavy (non-hydrogen) atoms. The zero-order valence-corrected chi connectivity index (χ0v) is 39.2. The number of hydrogen-bond donors (Lipinski definition) is 7. The number of fused-ring (bicyclic) bond motifs is 10. The van der Waals surface area contributed by atoms with E-state index in [4.69, 9.17) is 31.7 Å². The molecule has 4 rings (SSSR count). The van der Waals surface area contributed by atoms with Gasteiger partial charge in [-0.1, -0.05) is 17.0 Å². The van der Waals surface area contributed by atoms with Gasteiger partial charge >= 0.3 is 17.9 Å². The Hall–Kier alpha value is -2.66. The Kier molecular flexibility index (Phi) is 31.4. The van der Waals surface area contributed by atoms with Crippen LogP contribution in [0.5, 0.6) is 0 Å². The Morgan fingerprint density at radius 1 is 0.364 bits per heavy atom. The second-order valence-corrected chi connectivity index (χ2v) is 16.0. The van der Waals surface area contributed by atoms with E-state index < -0.39 is 40.6 Å². The van der Waals surface area contributed by atoms with Gasteiger partial charge in [-0.25, -0.2) is 0 Å². The van der Waals surface area contributed by atoms with Crippen molar-refractivity contribution in [2.75, 3.05) is 131 Å². The van der Waals surface area contributed by atoms with E-state index in [1.54, 1.807) is 0 Å². The summed E-state index contributed by atoms with van der Waals surface area (Å²) in [5.74, 6) is -3.73. The fraction of sp³-hybridized carbons (Fsp3) is 0.846. The van der Waals surface area contributed by atoms with Gasteiger partial charge < -0.3 is 101 Å². The molecule has 8 N–H and O–H groups in total. The third-order valence-corrected chi connectivity index (χ3v) is 10.0. The first-order valence-electron chi connectivity index (χ1n) is 21.9. The first-order valence-corrected chi connectivity index (χ1v) is 21.9. The monoisotopic (exact) mass is 1030 g/mol. The SMILES string of the molecule is NC12C[N-]CC[N-]CC(NC(=O)CCCC(=O)O)(C[N-]CC[N-]C1)[N-]CC[N-]2.O=C(O)CCCC(=O)NC12C[N-]CC[N-]CC(NC(=O)CCCC(=O)O)(C[N-]CC[N-]C1)[N-]CC[N-]2.[Cu].[Cu]. The van der Waals surface area contributed by atoms with Gasteiger partial charge in [-0.3, -0.25) is 28.8 Å². The van der Waals surface area contributed by atoms with Crippen LogP contribution in [0.1, 0.15) is 57.8 Å². The van der Waals surface area contributed by atoms with Crippen LogP contribution in [0.15, 0.2) is 0 Å². The maximum absolute atomic E-state index is 12.6. The maximum Gasteiger partial charge on any atom is 0.303 e. The molecule has 0 aromatic carbocycles. The van der Waals surface area contributed by atoms with Crippen molar-refractivity contribution in [3.8, 4) is 0 Å². The average Bonchev–Trinajstić information content (AvgIpc) is 3.21. The number of nitrogens with two attached hydrogens (primary N) is 1. The number of carbonyl (C=O) groups excluding carboxylic acids is 3. The molecule has 0 aliphatic carbocycles. The number of carbonyl (C=O) groups is 6. The van der Waals surface area contributed by atoms with E-state index in [-0.39, 0.29) is 149 Å². The molecule has 4 aliphatic heterocycles. The summed E-state index contributed by atoms with van der Waals surface area (Å²) >= 11 is 0. The molecule has 3 amide bonds. The number of nitrogens with one attached hydrogen (secondary N) is 3. The minimum absolute atomic E-state index is 0. The predicted molar refractivity (Wildman–Crippen MR) is 242 cm³/mol. The van der Waals surface area contributed by atoms with Crippen LogP contribution in [0, 0.1) is 0 Å². The van der Waals surface area contributed by atoms with Crippen LogP contribution in [-0.2, 0) is 62.9 Å². The third-order valence-electron chi connectivity index (χ3n) is 10.0. The summed E-state index contributed by atoms with van der Waals surface area (Å²) in [5, 5.41) is 89.9. The summed E-state index contributed by atoms with van der Waals surface area (Å²) in [4.78, 5) is 69.7. The van der Waals surface area contributed by atoms with E-state index in [2.05, 4.69) is 69.1 Å². The molecule has 4 heterocycles. The van der Waals surface area contributed by atoms with Crippen LogP contribution in [0.25, 0.3) is 63.8 Å². The van der Waals surface area contributed by atoms with Crippen molar-refractivity contribution in [3.63, 3.8) is 0 Å². The number of rotatable bonds is 15. The van der Waals surface area contributed by atoms with Crippen molar-refractivity contribution in [2.24, 2.45) is 5.73 Å². The van der Waals surface area contributed by atoms with Gasteiger partial charge in [0.15, 0.2) is 0 Å². The van der Waals surface area contributed by atoms with Crippen LogP contribution >= 0.6 is 0 Å². The van der Waals surface area contributed by atoms with Gasteiger partial charge in [-0.05, 0) is 19.3 Å². The Balaban J connectivity index is 0.000000659. The van der Waals surface area contributed by atoms with Crippen molar-refractivity contribution in [2.45, 2.75) is 80.4 Å². The minimum atomic E-state index is -1.07. The van der Waals surface area contributed by atoms with Crippen LogP contribution < -0.4 is 21.7 Å². The average molecular weight is 1030 g/mol. The van der Waals surface area contributed by atoms with Crippen LogP contribution in [-0.4, -0.2) is 204 Å². The molecule has 4 saturated heterocycles. The van der Waals surface area contributed by atoms with Gasteiger partial charge in [0.1, 0.15) is 0 Å². The first kappa shape index (κ1) is 61.4. The second kappa shape index (κ2) is 33.8. The van der Waals surface area contributed by atoms with Gasteiger partial charge in [-0.2, -0.15) is 91.6 Å². The van der Waals surface area contributed by atoms with E-state index in [1.165, 1.54) is 0 Å². The van der Waals surface area contributed by atoms with Crippen molar-refractivity contribution < 1.29 is 78.2 Å². The molecular weight excluding hydrogens is 964 g/mol. The summed E-state index contributed by atoms with van der Waals surface area (Å²) in [6, 6.07) is 0. The molecule has 0 aromatic rings. The normalized spacial score (nSPS) is 27.2. The molecule has 4 aliphatic rings. The molecule has 0 saturated carbocycles. The molecule has 0 atom stereocenters. The van der Waals surface area contributed by atoms with Crippen LogP contribution in [0.2, 0.25) is 0 Å². The molecular formula is C39H66Cu2N16O9-12. The van der Waals surface area contributed by atoms with E-state index >= 15 is 0 Å². The number of hydrogen-bond acceptors (Lipinski definition) is 7. The molecule has 0 spiro atoms. The number of nitrogens with zero attached hydrogens (tertiary/aromatic N) is 12. The standard InChI is InChI=1S/C22H36N8O6.C17H30N8O3.2Cu/c31-17(3-1-5-19(33)34)29-21-13-23-7-9-25-15-22(28-12-11-27-21,16-26-10-8-24-14-21)30-18(32)4-2-6-20(35)36;18-16-10-19-4-6-21-12-17(24-9-8-23-16,13-22-7-5-20-11-16)25-14(26)2-1-3-15(27)28;;/h1-16H2,(H,29,31)(H,30,32)(H,33,34)(H,35,36);1-13,18H2,(H,25,26)(H,27,28);;/q2*-6;;. The van der Waals surface area contributed by atoms with Crippen molar-refractivity contribution in [1.29, 1.82) is 0 Å². The number of amides is 3. The van der Waals surface area contributed by atoms with E-state index in [0.29, 0.717) is 91.6 Å². The first-order chi connectivity index (χ1) is 30.7. The van der Waals surface area contributed by atoms with Crippen molar-refractivity contribution in [3.05, 3.63) is 63.8 Å². The molecule has 0 unspecified atom stereocenters. The topological polar surface area (TPSA) is 394 Å². The Labute approximate surface area is 409 Å². The van der Waals surface area contributed by atoms with Crippen molar-refractivity contribution in [1.82, 2.24) is 16.0 Å². The fourth-order valence-corrected chi connectivity index (χ4v) is 6.88. The summed E-state index contributed by atoms with van der Waals surface area (Å²) in [7, 11) is 0. The van der Waals surface area contributed by atoms with E-state index in [9.17, 15) is 28.8 Å². The van der Waals surface area contributed by atoms with Crippen molar-refractivity contribution >= 4 is 35.6 Å². The minimum Gasteiger partial charge on any atom is -0.664 e. The Morgan fingerprint density at radius 2 is 0.591 bits per heavy atom. The summed E-state index contributed by atoms with van der Waals surface area (Å²) in [5.41, 5.74) is 2.42. The Morgan fingerprint density at radius 3 is 0.833 bits per heavy atom. The largest absolute Gasteiger partial charge is 0.664 e. The summed E-state index contributed by atoms with van der Waals surface area (Å²) in [6.07, 6.45) is 0.675. The second-order valence-electron chi connectivity index (χ2n) is 16.0.